The molecule has 0 amide bonds. The van der Waals surface area contributed by atoms with Crippen molar-refractivity contribution in [2.45, 2.75) is 13.5 Å². The number of benzene rings is 1. The molecule has 0 aliphatic rings. The van der Waals surface area contributed by atoms with Crippen LogP contribution < -0.4 is 5.46 Å². The summed E-state index contributed by atoms with van der Waals surface area (Å²) < 4.78 is 0. The van der Waals surface area contributed by atoms with Gasteiger partial charge in [0.25, 0.3) is 0 Å². The highest BCUT2D eigenvalue weighted by molar-refractivity contribution is 6.58. The fourth-order valence-electron chi connectivity index (χ4n) is 1.22. The fraction of sp³-hybridized carbons (Fsp3) is 0.400. The Bertz CT molecular complexity index is 274. The Labute approximate surface area is 85.1 Å². The first kappa shape index (κ1) is 11.2. The number of rotatable bonds is 4. The average molecular weight is 193 g/mol. The molecule has 0 radical (unpaired) electrons. The molecule has 4 heteroatoms. The Hall–Kier alpha value is -0.835. The topological polar surface area (TPSA) is 43.7 Å². The third-order valence-electron chi connectivity index (χ3n) is 2.27. The lowest BCUT2D eigenvalue weighted by molar-refractivity contribution is 0.346. The first-order chi connectivity index (χ1) is 6.63. The molecule has 0 aliphatic carbocycles. The third-order valence-corrected chi connectivity index (χ3v) is 2.27. The Morgan fingerprint density at radius 3 is 2.21 bits per heavy atom. The van der Waals surface area contributed by atoms with Crippen molar-refractivity contribution < 1.29 is 10.0 Å². The maximum absolute atomic E-state index is 8.89. The van der Waals surface area contributed by atoms with Gasteiger partial charge < -0.3 is 14.9 Å². The maximum atomic E-state index is 8.89. The van der Waals surface area contributed by atoms with E-state index in [0.29, 0.717) is 5.46 Å². The molecule has 0 heterocycles. The van der Waals surface area contributed by atoms with Crippen molar-refractivity contribution >= 4 is 12.6 Å². The number of hydrogen-bond donors (Lipinski definition) is 2. The van der Waals surface area contributed by atoms with Crippen molar-refractivity contribution in [3.05, 3.63) is 29.8 Å². The van der Waals surface area contributed by atoms with E-state index in [1.807, 2.05) is 12.1 Å². The van der Waals surface area contributed by atoms with Gasteiger partial charge in [0.1, 0.15) is 0 Å². The van der Waals surface area contributed by atoms with E-state index in [0.717, 1.165) is 13.1 Å². The lowest BCUT2D eigenvalue weighted by Gasteiger charge is -2.13. The molecule has 0 fully saturated rings. The smallest absolute Gasteiger partial charge is 0.423 e. The Morgan fingerprint density at radius 2 is 1.79 bits per heavy atom. The zero-order valence-electron chi connectivity index (χ0n) is 8.64. The van der Waals surface area contributed by atoms with Gasteiger partial charge in [-0.3, -0.25) is 0 Å². The van der Waals surface area contributed by atoms with E-state index in [-0.39, 0.29) is 0 Å². The fourth-order valence-corrected chi connectivity index (χ4v) is 1.22. The van der Waals surface area contributed by atoms with Gasteiger partial charge >= 0.3 is 7.12 Å². The summed E-state index contributed by atoms with van der Waals surface area (Å²) in [7, 11) is 0.683. The van der Waals surface area contributed by atoms with Crippen LogP contribution in [0.25, 0.3) is 0 Å². The summed E-state index contributed by atoms with van der Waals surface area (Å²) in [5, 5.41) is 17.8. The molecule has 1 aromatic rings. The number of hydrogen-bond acceptors (Lipinski definition) is 3. The van der Waals surface area contributed by atoms with Crippen LogP contribution in [0, 0.1) is 0 Å². The van der Waals surface area contributed by atoms with Crippen LogP contribution in [0.4, 0.5) is 0 Å². The van der Waals surface area contributed by atoms with Gasteiger partial charge in [-0.15, -0.1) is 0 Å². The Morgan fingerprint density at radius 1 is 1.21 bits per heavy atom. The first-order valence-electron chi connectivity index (χ1n) is 4.77. The lowest BCUT2D eigenvalue weighted by atomic mass is 9.80. The van der Waals surface area contributed by atoms with Crippen molar-refractivity contribution in [2.75, 3.05) is 13.6 Å². The van der Waals surface area contributed by atoms with Crippen molar-refractivity contribution in [1.29, 1.82) is 0 Å². The minimum absolute atomic E-state index is 0.535. The molecule has 0 saturated carbocycles. The minimum Gasteiger partial charge on any atom is -0.423 e. The van der Waals surface area contributed by atoms with Crippen LogP contribution in [0.5, 0.6) is 0 Å². The summed E-state index contributed by atoms with van der Waals surface area (Å²) in [6, 6.07) is 7.31. The quantitative estimate of drug-likeness (QED) is 0.652. The van der Waals surface area contributed by atoms with Crippen molar-refractivity contribution in [3.8, 4) is 0 Å². The van der Waals surface area contributed by atoms with Crippen molar-refractivity contribution in [1.82, 2.24) is 4.90 Å². The maximum Gasteiger partial charge on any atom is 0.488 e. The molecule has 0 saturated heterocycles. The summed E-state index contributed by atoms with van der Waals surface area (Å²) in [4.78, 5) is 2.18. The van der Waals surface area contributed by atoms with Crippen LogP contribution in [0.2, 0.25) is 0 Å². The number of nitrogens with zero attached hydrogens (tertiary/aromatic N) is 1. The van der Waals surface area contributed by atoms with Crippen LogP contribution in [0.1, 0.15) is 12.5 Å². The van der Waals surface area contributed by atoms with E-state index in [1.165, 1.54) is 5.56 Å². The molecule has 76 valence electrons. The minimum atomic E-state index is -1.37. The molecule has 0 atom stereocenters. The predicted molar refractivity (Wildman–Crippen MR) is 58.3 cm³/mol. The first-order valence-corrected chi connectivity index (χ1v) is 4.77. The molecular formula is C10H16BNO2. The van der Waals surface area contributed by atoms with Gasteiger partial charge in [-0.05, 0) is 24.6 Å². The molecule has 14 heavy (non-hydrogen) atoms. The molecule has 0 aliphatic heterocycles. The normalized spacial score (nSPS) is 10.6. The highest BCUT2D eigenvalue weighted by Gasteiger charge is 2.09. The van der Waals surface area contributed by atoms with Crippen LogP contribution >= 0.6 is 0 Å². The molecule has 1 rings (SSSR count). The molecule has 0 aromatic heterocycles. The van der Waals surface area contributed by atoms with Gasteiger partial charge in [0.05, 0.1) is 0 Å². The third kappa shape index (κ3) is 3.14. The van der Waals surface area contributed by atoms with Crippen LogP contribution in [-0.2, 0) is 6.54 Å². The van der Waals surface area contributed by atoms with Crippen molar-refractivity contribution in [2.24, 2.45) is 0 Å². The average Bonchev–Trinajstić information content (AvgIpc) is 2.18. The van der Waals surface area contributed by atoms with E-state index in [4.69, 9.17) is 10.0 Å². The van der Waals surface area contributed by atoms with E-state index >= 15 is 0 Å². The highest BCUT2D eigenvalue weighted by atomic mass is 16.4. The second kappa shape index (κ2) is 5.15. The largest absolute Gasteiger partial charge is 0.488 e. The lowest BCUT2D eigenvalue weighted by Crippen LogP contribution is -2.29. The van der Waals surface area contributed by atoms with Gasteiger partial charge in [0, 0.05) is 6.54 Å². The molecule has 0 bridgehead atoms. The van der Waals surface area contributed by atoms with Gasteiger partial charge in [-0.2, -0.15) is 0 Å². The monoisotopic (exact) mass is 193 g/mol. The molecular weight excluding hydrogens is 177 g/mol. The highest BCUT2D eigenvalue weighted by Crippen LogP contribution is 2.01. The SMILES string of the molecule is CCN(C)Cc1ccc(B(O)O)cc1. The van der Waals surface area contributed by atoms with Crippen molar-refractivity contribution in [3.63, 3.8) is 0 Å². The second-order valence-corrected chi connectivity index (χ2v) is 3.45. The van der Waals surface area contributed by atoms with E-state index in [1.54, 1.807) is 12.1 Å². The summed E-state index contributed by atoms with van der Waals surface area (Å²) in [5.41, 5.74) is 1.71. The molecule has 2 N–H and O–H groups in total. The van der Waals surface area contributed by atoms with E-state index in [9.17, 15) is 0 Å². The van der Waals surface area contributed by atoms with Gasteiger partial charge in [0.2, 0.25) is 0 Å². The zero-order valence-corrected chi connectivity index (χ0v) is 8.64. The van der Waals surface area contributed by atoms with Crippen LogP contribution in [0.3, 0.4) is 0 Å². The van der Waals surface area contributed by atoms with Gasteiger partial charge in [-0.25, -0.2) is 0 Å². The van der Waals surface area contributed by atoms with Crippen LogP contribution in [0.15, 0.2) is 24.3 Å². The summed E-state index contributed by atoms with van der Waals surface area (Å²) >= 11 is 0. The zero-order chi connectivity index (χ0) is 10.6. The Balaban J connectivity index is 2.64. The summed E-state index contributed by atoms with van der Waals surface area (Å²) in [6.45, 7) is 3.99. The summed E-state index contributed by atoms with van der Waals surface area (Å²) in [5.74, 6) is 0. The van der Waals surface area contributed by atoms with E-state index in [2.05, 4.69) is 18.9 Å². The molecule has 1 aromatic carbocycles. The second-order valence-electron chi connectivity index (χ2n) is 3.45. The standard InChI is InChI=1S/C10H16BNO2/c1-3-12(2)8-9-4-6-10(7-5-9)11(13)14/h4-7,13-14H,3,8H2,1-2H3. The van der Waals surface area contributed by atoms with E-state index < -0.39 is 7.12 Å². The van der Waals surface area contributed by atoms with Gasteiger partial charge in [0.15, 0.2) is 0 Å². The molecule has 0 unspecified atom stereocenters. The summed E-state index contributed by atoms with van der Waals surface area (Å²) in [6.07, 6.45) is 0. The Kier molecular flexibility index (Phi) is 4.13. The van der Waals surface area contributed by atoms with Crippen LogP contribution in [-0.4, -0.2) is 35.7 Å². The molecule has 3 nitrogen and oxygen atoms in total. The predicted octanol–water partition coefficient (Wildman–Crippen LogP) is -0.182. The molecule has 0 spiro atoms. The van der Waals surface area contributed by atoms with Gasteiger partial charge in [-0.1, -0.05) is 31.2 Å².